The van der Waals surface area contributed by atoms with Crippen molar-refractivity contribution in [3.63, 3.8) is 0 Å². The topological polar surface area (TPSA) is 59.8 Å². The van der Waals surface area contributed by atoms with Gasteiger partial charge in [-0.05, 0) is 36.9 Å². The van der Waals surface area contributed by atoms with Crippen LogP contribution in [0.25, 0.3) is 0 Å². The fraction of sp³-hybridized carbons (Fsp3) is 0.318. The number of aliphatic hydroxyl groups excluding tert-OH is 1. The first-order chi connectivity index (χ1) is 13.6. The average molecular weight is 381 g/mol. The highest BCUT2D eigenvalue weighted by atomic mass is 16.5. The lowest BCUT2D eigenvalue weighted by Crippen LogP contribution is -2.32. The highest BCUT2D eigenvalue weighted by Gasteiger charge is 2.10. The molecular formula is C22H27N3O3. The number of para-hydroxylation sites is 1. The lowest BCUT2D eigenvalue weighted by Gasteiger charge is -2.21. The van der Waals surface area contributed by atoms with E-state index in [1.165, 1.54) is 0 Å². The summed E-state index contributed by atoms with van der Waals surface area (Å²) in [5.74, 6) is 2.46. The summed E-state index contributed by atoms with van der Waals surface area (Å²) in [5, 5.41) is 10.2. The van der Waals surface area contributed by atoms with Crippen LogP contribution in [-0.4, -0.2) is 45.9 Å². The second-order valence-corrected chi connectivity index (χ2v) is 6.86. The first-order valence-electron chi connectivity index (χ1n) is 9.32. The number of hydrogen-bond donors (Lipinski definition) is 1. The minimum Gasteiger partial charge on any atom is -0.491 e. The van der Waals surface area contributed by atoms with Crippen LogP contribution in [0.4, 0.5) is 0 Å². The molecule has 0 radical (unpaired) electrons. The molecule has 0 unspecified atom stereocenters. The molecule has 3 aromatic rings. The number of imidazole rings is 1. The van der Waals surface area contributed by atoms with Crippen LogP contribution in [0.15, 0.2) is 67.0 Å². The van der Waals surface area contributed by atoms with Gasteiger partial charge in [0.2, 0.25) is 0 Å². The zero-order valence-corrected chi connectivity index (χ0v) is 16.4. The van der Waals surface area contributed by atoms with Gasteiger partial charge in [-0.2, -0.15) is 0 Å². The number of nitrogens with zero attached hydrogens (tertiary/aromatic N) is 3. The monoisotopic (exact) mass is 381 g/mol. The van der Waals surface area contributed by atoms with Crippen molar-refractivity contribution in [1.82, 2.24) is 14.5 Å². The minimum absolute atomic E-state index is 0.272. The number of aryl methyl sites for hydroxylation is 1. The summed E-state index contributed by atoms with van der Waals surface area (Å²) in [7, 11) is 3.93. The molecule has 1 atom stereocenters. The van der Waals surface area contributed by atoms with E-state index in [0.717, 1.165) is 29.4 Å². The van der Waals surface area contributed by atoms with Gasteiger partial charge in [-0.3, -0.25) is 4.90 Å². The molecule has 1 aromatic heterocycles. The van der Waals surface area contributed by atoms with E-state index in [9.17, 15) is 5.11 Å². The Labute approximate surface area is 166 Å². The summed E-state index contributed by atoms with van der Waals surface area (Å²) in [6.07, 6.45) is 3.11. The van der Waals surface area contributed by atoms with E-state index in [1.54, 1.807) is 6.20 Å². The predicted molar refractivity (Wildman–Crippen MR) is 108 cm³/mol. The van der Waals surface area contributed by atoms with Crippen LogP contribution in [0.5, 0.6) is 11.5 Å². The van der Waals surface area contributed by atoms with Gasteiger partial charge in [-0.1, -0.05) is 30.3 Å². The molecule has 6 nitrogen and oxygen atoms in total. The Balaban J connectivity index is 1.41. The van der Waals surface area contributed by atoms with Crippen LogP contribution in [0.1, 0.15) is 11.4 Å². The Bertz CT molecular complexity index is 834. The predicted octanol–water partition coefficient (Wildman–Crippen LogP) is 2.87. The molecule has 0 saturated heterocycles. The van der Waals surface area contributed by atoms with E-state index in [1.807, 2.05) is 79.5 Å². The zero-order chi connectivity index (χ0) is 19.8. The molecule has 0 fully saturated rings. The molecule has 0 aliphatic rings. The summed E-state index contributed by atoms with van der Waals surface area (Å²) in [6.45, 7) is 1.98. The molecule has 0 amide bonds. The summed E-state index contributed by atoms with van der Waals surface area (Å²) in [6, 6.07) is 17.5. The first kappa shape index (κ1) is 19.9. The zero-order valence-electron chi connectivity index (χ0n) is 16.4. The van der Waals surface area contributed by atoms with Crippen molar-refractivity contribution in [2.24, 2.45) is 7.05 Å². The molecule has 0 bridgehead atoms. The average Bonchev–Trinajstić information content (AvgIpc) is 3.11. The van der Waals surface area contributed by atoms with E-state index in [2.05, 4.69) is 9.88 Å². The second-order valence-electron chi connectivity index (χ2n) is 6.86. The van der Waals surface area contributed by atoms with Gasteiger partial charge < -0.3 is 19.1 Å². The van der Waals surface area contributed by atoms with Gasteiger partial charge in [0, 0.05) is 32.5 Å². The Hall–Kier alpha value is -2.83. The largest absolute Gasteiger partial charge is 0.491 e. The van der Waals surface area contributed by atoms with Crippen LogP contribution in [0.3, 0.4) is 0 Å². The summed E-state index contributed by atoms with van der Waals surface area (Å²) < 4.78 is 13.3. The third kappa shape index (κ3) is 6.11. The molecule has 0 spiro atoms. The van der Waals surface area contributed by atoms with Crippen molar-refractivity contribution in [3.05, 3.63) is 78.4 Å². The van der Waals surface area contributed by atoms with Gasteiger partial charge in [0.1, 0.15) is 36.6 Å². The highest BCUT2D eigenvalue weighted by molar-refractivity contribution is 5.27. The first-order valence-corrected chi connectivity index (χ1v) is 9.32. The van der Waals surface area contributed by atoms with E-state index < -0.39 is 6.10 Å². The molecule has 1 heterocycles. The van der Waals surface area contributed by atoms with Crippen LogP contribution < -0.4 is 9.47 Å². The van der Waals surface area contributed by atoms with Crippen molar-refractivity contribution < 1.29 is 14.6 Å². The molecule has 0 saturated carbocycles. The normalized spacial score (nSPS) is 12.1. The molecule has 2 aromatic carbocycles. The van der Waals surface area contributed by atoms with E-state index >= 15 is 0 Å². The van der Waals surface area contributed by atoms with Crippen LogP contribution in [0, 0.1) is 0 Å². The van der Waals surface area contributed by atoms with Gasteiger partial charge in [-0.15, -0.1) is 0 Å². The Morgan fingerprint density at radius 3 is 2.43 bits per heavy atom. The summed E-state index contributed by atoms with van der Waals surface area (Å²) >= 11 is 0. The van der Waals surface area contributed by atoms with Gasteiger partial charge in [-0.25, -0.2) is 4.98 Å². The molecule has 28 heavy (non-hydrogen) atoms. The van der Waals surface area contributed by atoms with Gasteiger partial charge in [0.25, 0.3) is 0 Å². The fourth-order valence-corrected chi connectivity index (χ4v) is 2.87. The maximum atomic E-state index is 10.2. The van der Waals surface area contributed by atoms with Crippen LogP contribution >= 0.6 is 0 Å². The van der Waals surface area contributed by atoms with E-state index in [0.29, 0.717) is 13.2 Å². The Kier molecular flexibility index (Phi) is 7.06. The molecule has 3 rings (SSSR count). The standard InChI is InChI=1S/C22H27N3O3/c1-24(15-19(26)16-27-20-6-4-3-5-7-20)14-18-8-10-21(11-9-18)28-17-22-23-12-13-25(22)2/h3-13,19,26H,14-17H2,1-2H3/t19-/m1/s1. The SMILES string of the molecule is CN(Cc1ccc(OCc2nccn2C)cc1)C[C@@H](O)COc1ccccc1. The van der Waals surface area contributed by atoms with Crippen molar-refractivity contribution in [3.8, 4) is 11.5 Å². The Morgan fingerprint density at radius 2 is 1.75 bits per heavy atom. The van der Waals surface area contributed by atoms with Crippen LogP contribution in [-0.2, 0) is 20.2 Å². The molecule has 148 valence electrons. The van der Waals surface area contributed by atoms with Crippen LogP contribution in [0.2, 0.25) is 0 Å². The third-order valence-electron chi connectivity index (χ3n) is 4.37. The Morgan fingerprint density at radius 1 is 1.04 bits per heavy atom. The lowest BCUT2D eigenvalue weighted by molar-refractivity contribution is 0.0744. The number of aromatic nitrogens is 2. The summed E-state index contributed by atoms with van der Waals surface area (Å²) in [4.78, 5) is 6.32. The van der Waals surface area contributed by atoms with E-state index in [4.69, 9.17) is 9.47 Å². The molecule has 1 N–H and O–H groups in total. The molecular weight excluding hydrogens is 354 g/mol. The lowest BCUT2D eigenvalue weighted by atomic mass is 10.2. The minimum atomic E-state index is -0.550. The second kappa shape index (κ2) is 9.92. The van der Waals surface area contributed by atoms with Crippen molar-refractivity contribution in [2.75, 3.05) is 20.2 Å². The number of aliphatic hydroxyl groups is 1. The fourth-order valence-electron chi connectivity index (χ4n) is 2.87. The number of rotatable bonds is 10. The van der Waals surface area contributed by atoms with Crippen molar-refractivity contribution >= 4 is 0 Å². The number of ether oxygens (including phenoxy) is 2. The molecule has 0 aliphatic heterocycles. The van der Waals surface area contributed by atoms with Crippen molar-refractivity contribution in [1.29, 1.82) is 0 Å². The molecule has 0 aliphatic carbocycles. The van der Waals surface area contributed by atoms with E-state index in [-0.39, 0.29) is 6.61 Å². The van der Waals surface area contributed by atoms with Gasteiger partial charge in [0.05, 0.1) is 0 Å². The maximum Gasteiger partial charge on any atom is 0.146 e. The number of hydrogen-bond acceptors (Lipinski definition) is 5. The number of benzene rings is 2. The summed E-state index contributed by atoms with van der Waals surface area (Å²) in [5.41, 5.74) is 1.16. The highest BCUT2D eigenvalue weighted by Crippen LogP contribution is 2.15. The maximum absolute atomic E-state index is 10.2. The number of likely N-dealkylation sites (N-methyl/N-ethyl adjacent to an activating group) is 1. The van der Waals surface area contributed by atoms with Gasteiger partial charge in [0.15, 0.2) is 0 Å². The van der Waals surface area contributed by atoms with Gasteiger partial charge >= 0.3 is 0 Å². The van der Waals surface area contributed by atoms with Crippen molar-refractivity contribution in [2.45, 2.75) is 19.3 Å². The third-order valence-corrected chi connectivity index (χ3v) is 4.37. The molecule has 6 heteroatoms. The smallest absolute Gasteiger partial charge is 0.146 e. The quantitative estimate of drug-likeness (QED) is 0.585.